The third kappa shape index (κ3) is 7.36. The Morgan fingerprint density at radius 2 is 0.557 bits per heavy atom. The number of anilines is 6. The minimum atomic E-state index is 0.837. The van der Waals surface area contributed by atoms with Crippen molar-refractivity contribution in [3.05, 3.63) is 267 Å². The van der Waals surface area contributed by atoms with Gasteiger partial charge in [0.25, 0.3) is 0 Å². The standard InChI is InChI=1S/C66H44N2O2/c1-4-15-45(16-5-1)47-29-36-55(37-30-47)68(56-38-31-48(32-39-56)46-17-6-2-7-18-46)62-27-14-25-59-60-44-52(35-42-64(60)70-66(59)62)51-20-12-19-50(43-51)49-33-40-54(41-34-49)67(53-21-8-3-9-22-53)61-26-13-24-58-57-23-10-11-28-63(57)69-65(58)61/h1-44H. The summed E-state index contributed by atoms with van der Waals surface area (Å²) in [5.74, 6) is 0. The molecule has 0 atom stereocenters. The number of fused-ring (bicyclic) bond motifs is 6. The Bertz CT molecular complexity index is 3890. The van der Waals surface area contributed by atoms with E-state index in [1.54, 1.807) is 0 Å². The van der Waals surface area contributed by atoms with E-state index in [4.69, 9.17) is 8.83 Å². The van der Waals surface area contributed by atoms with Gasteiger partial charge in [0.2, 0.25) is 0 Å². The highest BCUT2D eigenvalue weighted by molar-refractivity contribution is 6.12. The summed E-state index contributed by atoms with van der Waals surface area (Å²) in [6, 6.07) is 94.5. The third-order valence-corrected chi connectivity index (χ3v) is 13.5. The van der Waals surface area contributed by atoms with Crippen LogP contribution in [0.25, 0.3) is 88.4 Å². The van der Waals surface area contributed by atoms with Crippen LogP contribution in [0.4, 0.5) is 34.1 Å². The summed E-state index contributed by atoms with van der Waals surface area (Å²) in [4.78, 5) is 4.59. The quantitative estimate of drug-likeness (QED) is 0.137. The van der Waals surface area contributed by atoms with E-state index in [-0.39, 0.29) is 0 Å². The van der Waals surface area contributed by atoms with E-state index < -0.39 is 0 Å². The molecule has 13 aromatic rings. The number of nitrogens with zero attached hydrogens (tertiary/aromatic N) is 2. The monoisotopic (exact) mass is 896 g/mol. The number of hydrogen-bond donors (Lipinski definition) is 0. The number of rotatable bonds is 10. The Morgan fingerprint density at radius 1 is 0.214 bits per heavy atom. The number of para-hydroxylation sites is 4. The smallest absolute Gasteiger partial charge is 0.159 e. The molecule has 0 saturated carbocycles. The fraction of sp³-hybridized carbons (Fsp3) is 0. The van der Waals surface area contributed by atoms with Crippen LogP contribution in [0.3, 0.4) is 0 Å². The molecular weight excluding hydrogens is 853 g/mol. The van der Waals surface area contributed by atoms with Crippen LogP contribution in [-0.2, 0) is 0 Å². The molecule has 330 valence electrons. The fourth-order valence-corrected chi connectivity index (χ4v) is 10.0. The van der Waals surface area contributed by atoms with Crippen molar-refractivity contribution in [2.75, 3.05) is 9.80 Å². The van der Waals surface area contributed by atoms with Crippen molar-refractivity contribution in [3.63, 3.8) is 0 Å². The van der Waals surface area contributed by atoms with E-state index in [2.05, 4.69) is 265 Å². The molecule has 4 nitrogen and oxygen atoms in total. The Labute approximate surface area is 406 Å². The summed E-state index contributed by atoms with van der Waals surface area (Å²) in [7, 11) is 0. The van der Waals surface area contributed by atoms with Crippen LogP contribution in [0, 0.1) is 0 Å². The van der Waals surface area contributed by atoms with E-state index in [1.807, 2.05) is 12.1 Å². The molecule has 0 spiro atoms. The van der Waals surface area contributed by atoms with Gasteiger partial charge < -0.3 is 18.6 Å². The second-order valence-corrected chi connectivity index (χ2v) is 17.7. The second-order valence-electron chi connectivity index (χ2n) is 17.7. The SMILES string of the molecule is c1ccc(-c2ccc(N(c3ccc(-c4ccccc4)cc3)c3cccc4c3oc3ccc(-c5cccc(-c6ccc(N(c7ccccc7)c7cccc8c7oc7ccccc78)cc6)c5)cc34)cc2)cc1. The van der Waals surface area contributed by atoms with Crippen molar-refractivity contribution in [2.45, 2.75) is 0 Å². The summed E-state index contributed by atoms with van der Waals surface area (Å²) >= 11 is 0. The van der Waals surface area contributed by atoms with E-state index in [1.165, 1.54) is 22.3 Å². The van der Waals surface area contributed by atoms with Crippen LogP contribution < -0.4 is 9.80 Å². The third-order valence-electron chi connectivity index (χ3n) is 13.5. The first-order chi connectivity index (χ1) is 34.7. The van der Waals surface area contributed by atoms with Crippen molar-refractivity contribution in [1.29, 1.82) is 0 Å². The van der Waals surface area contributed by atoms with Crippen LogP contribution in [0.1, 0.15) is 0 Å². The van der Waals surface area contributed by atoms with Gasteiger partial charge in [-0.05, 0) is 129 Å². The molecule has 0 bridgehead atoms. The lowest BCUT2D eigenvalue weighted by atomic mass is 9.97. The zero-order chi connectivity index (χ0) is 46.4. The highest BCUT2D eigenvalue weighted by Crippen LogP contribution is 2.45. The van der Waals surface area contributed by atoms with Gasteiger partial charge in [-0.1, -0.05) is 182 Å². The van der Waals surface area contributed by atoms with E-state index in [0.29, 0.717) is 0 Å². The predicted molar refractivity (Wildman–Crippen MR) is 292 cm³/mol. The Morgan fingerprint density at radius 3 is 1.10 bits per heavy atom. The van der Waals surface area contributed by atoms with Crippen molar-refractivity contribution < 1.29 is 8.83 Å². The lowest BCUT2D eigenvalue weighted by Crippen LogP contribution is -2.10. The molecule has 11 aromatic carbocycles. The van der Waals surface area contributed by atoms with Gasteiger partial charge in [0.05, 0.1) is 11.4 Å². The summed E-state index contributed by atoms with van der Waals surface area (Å²) in [5.41, 5.74) is 18.8. The highest BCUT2D eigenvalue weighted by atomic mass is 16.3. The molecular formula is C66H44N2O2. The normalized spacial score (nSPS) is 11.4. The molecule has 0 aliphatic carbocycles. The fourth-order valence-electron chi connectivity index (χ4n) is 10.0. The van der Waals surface area contributed by atoms with Gasteiger partial charge in [-0.3, -0.25) is 0 Å². The molecule has 2 aromatic heterocycles. The maximum absolute atomic E-state index is 6.86. The predicted octanol–water partition coefficient (Wildman–Crippen LogP) is 19.1. The summed E-state index contributed by atoms with van der Waals surface area (Å²) in [6.07, 6.45) is 0. The van der Waals surface area contributed by atoms with Crippen LogP contribution in [0.2, 0.25) is 0 Å². The van der Waals surface area contributed by atoms with Crippen molar-refractivity contribution in [3.8, 4) is 44.5 Å². The molecule has 0 fully saturated rings. The van der Waals surface area contributed by atoms with E-state index >= 15 is 0 Å². The van der Waals surface area contributed by atoms with Gasteiger partial charge in [0, 0.05) is 44.3 Å². The van der Waals surface area contributed by atoms with Gasteiger partial charge in [-0.25, -0.2) is 0 Å². The Balaban J connectivity index is 0.851. The zero-order valence-electron chi connectivity index (χ0n) is 38.1. The average Bonchev–Trinajstić information content (AvgIpc) is 4.02. The molecule has 4 heteroatoms. The molecule has 0 radical (unpaired) electrons. The van der Waals surface area contributed by atoms with Crippen LogP contribution in [-0.4, -0.2) is 0 Å². The summed E-state index contributed by atoms with van der Waals surface area (Å²) in [6.45, 7) is 0. The molecule has 2 heterocycles. The lowest BCUT2D eigenvalue weighted by molar-refractivity contribution is 0.668. The largest absolute Gasteiger partial charge is 0.454 e. The Kier molecular flexibility index (Phi) is 10.1. The minimum Gasteiger partial charge on any atom is -0.454 e. The van der Waals surface area contributed by atoms with Crippen LogP contribution in [0.15, 0.2) is 276 Å². The first-order valence-electron chi connectivity index (χ1n) is 23.7. The molecule has 70 heavy (non-hydrogen) atoms. The molecule has 0 amide bonds. The highest BCUT2D eigenvalue weighted by Gasteiger charge is 2.22. The maximum atomic E-state index is 6.86. The summed E-state index contributed by atoms with van der Waals surface area (Å²) in [5, 5.41) is 4.35. The maximum Gasteiger partial charge on any atom is 0.159 e. The van der Waals surface area contributed by atoms with Crippen molar-refractivity contribution in [1.82, 2.24) is 0 Å². The molecule has 0 N–H and O–H groups in total. The van der Waals surface area contributed by atoms with Crippen molar-refractivity contribution >= 4 is 78.0 Å². The van der Waals surface area contributed by atoms with Gasteiger partial charge in [0.15, 0.2) is 11.2 Å². The lowest BCUT2D eigenvalue weighted by Gasteiger charge is -2.26. The number of benzene rings is 11. The number of furan rings is 2. The molecule has 0 unspecified atom stereocenters. The topological polar surface area (TPSA) is 32.8 Å². The second kappa shape index (κ2) is 17.4. The summed E-state index contributed by atoms with van der Waals surface area (Å²) < 4.78 is 13.4. The molecule has 0 aliphatic heterocycles. The zero-order valence-corrected chi connectivity index (χ0v) is 38.1. The van der Waals surface area contributed by atoms with Crippen LogP contribution in [0.5, 0.6) is 0 Å². The first-order valence-corrected chi connectivity index (χ1v) is 23.7. The van der Waals surface area contributed by atoms with Gasteiger partial charge >= 0.3 is 0 Å². The minimum absolute atomic E-state index is 0.837. The molecule has 13 rings (SSSR count). The van der Waals surface area contributed by atoms with E-state index in [9.17, 15) is 0 Å². The van der Waals surface area contributed by atoms with Gasteiger partial charge in [-0.2, -0.15) is 0 Å². The Hall–Kier alpha value is -9.38. The van der Waals surface area contributed by atoms with Crippen LogP contribution >= 0.6 is 0 Å². The van der Waals surface area contributed by atoms with Gasteiger partial charge in [0.1, 0.15) is 11.2 Å². The van der Waals surface area contributed by atoms with Crippen molar-refractivity contribution in [2.24, 2.45) is 0 Å². The average molecular weight is 897 g/mol. The number of hydrogen-bond acceptors (Lipinski definition) is 4. The van der Waals surface area contributed by atoms with Gasteiger partial charge in [-0.15, -0.1) is 0 Å². The van der Waals surface area contributed by atoms with E-state index in [0.717, 1.165) is 100 Å². The molecule has 0 saturated heterocycles. The molecule has 0 aliphatic rings. The first kappa shape index (κ1) is 40.9.